The van der Waals surface area contributed by atoms with Crippen LogP contribution in [-0.4, -0.2) is 39.4 Å². The summed E-state index contributed by atoms with van der Waals surface area (Å²) in [5.74, 6) is -0.117. The molecule has 0 unspecified atom stereocenters. The number of likely N-dealkylation sites (N-methyl/N-ethyl adjacent to an activating group) is 1. The van der Waals surface area contributed by atoms with Crippen LogP contribution in [0.15, 0.2) is 59.5 Å². The number of amides is 1. The van der Waals surface area contributed by atoms with Crippen LogP contribution in [-0.2, 0) is 21.4 Å². The van der Waals surface area contributed by atoms with Crippen molar-refractivity contribution < 1.29 is 13.2 Å². The Hall–Kier alpha value is -2.64. The number of carbonyl (C=O) groups excluding carboxylic acids is 1. The molecule has 29 heavy (non-hydrogen) atoms. The normalized spacial score (nSPS) is 14.9. The first kappa shape index (κ1) is 21.1. The fourth-order valence-corrected chi connectivity index (χ4v) is 4.00. The van der Waals surface area contributed by atoms with Gasteiger partial charge in [-0.1, -0.05) is 30.3 Å². The summed E-state index contributed by atoms with van der Waals surface area (Å²) < 4.78 is 22.6. The molecule has 0 radical (unpaired) electrons. The Labute approximate surface area is 172 Å². The Balaban J connectivity index is 1.66. The van der Waals surface area contributed by atoms with Gasteiger partial charge in [-0.05, 0) is 54.7 Å². The van der Waals surface area contributed by atoms with Gasteiger partial charge in [0.2, 0.25) is 15.9 Å². The summed E-state index contributed by atoms with van der Waals surface area (Å²) in [6, 6.07) is 14.3. The predicted molar refractivity (Wildman–Crippen MR) is 116 cm³/mol. The topological polar surface area (TPSA) is 83.7 Å². The van der Waals surface area contributed by atoms with Crippen LogP contribution in [0.2, 0.25) is 0 Å². The molecule has 0 atom stereocenters. The first-order valence-corrected chi connectivity index (χ1v) is 11.3. The van der Waals surface area contributed by atoms with Crippen molar-refractivity contribution in [3.63, 3.8) is 0 Å². The number of benzene rings is 2. The second kappa shape index (κ2) is 9.24. The third-order valence-electron chi connectivity index (χ3n) is 5.10. The fourth-order valence-electron chi connectivity index (χ4n) is 3.48. The van der Waals surface area contributed by atoms with Gasteiger partial charge in [0.05, 0.1) is 4.90 Å². The number of piperidine rings is 1. The molecule has 2 aromatic rings. The third-order valence-corrected chi connectivity index (χ3v) is 6.03. The summed E-state index contributed by atoms with van der Waals surface area (Å²) in [6.45, 7) is 2.65. The van der Waals surface area contributed by atoms with Crippen LogP contribution in [0, 0.1) is 0 Å². The first-order chi connectivity index (χ1) is 13.8. The molecular formula is C22H27N3O3S. The fraction of sp³-hybridized carbons (Fsp3) is 0.318. The van der Waals surface area contributed by atoms with Crippen molar-refractivity contribution in [3.05, 3.63) is 65.7 Å². The molecule has 0 aliphatic carbocycles. The smallest absolute Gasteiger partial charge is 0.246 e. The minimum absolute atomic E-state index is 0.0485. The van der Waals surface area contributed by atoms with Gasteiger partial charge in [-0.3, -0.25) is 4.79 Å². The highest BCUT2D eigenvalue weighted by molar-refractivity contribution is 7.89. The highest BCUT2D eigenvalue weighted by Gasteiger charge is 2.16. The number of carbonyl (C=O) groups is 1. The minimum Gasteiger partial charge on any atom is -0.371 e. The summed E-state index contributed by atoms with van der Waals surface area (Å²) >= 11 is 0. The quantitative estimate of drug-likeness (QED) is 0.738. The molecule has 0 spiro atoms. The standard InChI is InChI=1S/C22H27N3O3S/c1-24(17-19-7-3-4-8-21(19)25-15-5-2-6-16-25)22(26)14-11-18-9-12-20(13-10-18)29(23,27)28/h3-4,7-14H,2,5-6,15-17H2,1H3,(H2,23,27,28). The van der Waals surface area contributed by atoms with Crippen molar-refractivity contribution in [1.82, 2.24) is 4.90 Å². The van der Waals surface area contributed by atoms with E-state index < -0.39 is 10.0 Å². The molecule has 1 amide bonds. The molecule has 7 heteroatoms. The molecule has 0 bridgehead atoms. The Morgan fingerprint density at radius 3 is 2.38 bits per heavy atom. The second-order valence-electron chi connectivity index (χ2n) is 7.32. The lowest BCUT2D eigenvalue weighted by Gasteiger charge is -2.31. The zero-order valence-electron chi connectivity index (χ0n) is 16.6. The number of nitrogens with two attached hydrogens (primary N) is 1. The van der Waals surface area contributed by atoms with E-state index in [1.807, 2.05) is 12.1 Å². The van der Waals surface area contributed by atoms with E-state index in [1.165, 1.54) is 43.2 Å². The summed E-state index contributed by atoms with van der Waals surface area (Å²) in [5, 5.41) is 5.10. The summed E-state index contributed by atoms with van der Waals surface area (Å²) in [7, 11) is -1.93. The van der Waals surface area contributed by atoms with Crippen LogP contribution in [0.4, 0.5) is 5.69 Å². The predicted octanol–water partition coefficient (Wildman–Crippen LogP) is 3.00. The SMILES string of the molecule is CN(Cc1ccccc1N1CCCCC1)C(=O)C=Cc1ccc(S(N)(=O)=O)cc1. The van der Waals surface area contributed by atoms with Gasteiger partial charge in [-0.25, -0.2) is 13.6 Å². The lowest BCUT2D eigenvalue weighted by Crippen LogP contribution is -2.31. The number of sulfonamides is 1. The zero-order valence-corrected chi connectivity index (χ0v) is 17.4. The van der Waals surface area contributed by atoms with Gasteiger partial charge in [0.1, 0.15) is 0 Å². The molecule has 0 aromatic heterocycles. The Bertz CT molecular complexity index is 979. The molecule has 1 heterocycles. The van der Waals surface area contributed by atoms with Gasteiger partial charge < -0.3 is 9.80 Å². The first-order valence-electron chi connectivity index (χ1n) is 9.73. The molecule has 1 fully saturated rings. The summed E-state index contributed by atoms with van der Waals surface area (Å²) in [6.07, 6.45) is 6.85. The Morgan fingerprint density at radius 1 is 1.07 bits per heavy atom. The van der Waals surface area contributed by atoms with Gasteiger partial charge in [-0.15, -0.1) is 0 Å². The van der Waals surface area contributed by atoms with E-state index >= 15 is 0 Å². The molecule has 0 saturated carbocycles. The maximum Gasteiger partial charge on any atom is 0.246 e. The van der Waals surface area contributed by atoms with E-state index in [-0.39, 0.29) is 10.8 Å². The molecule has 2 aromatic carbocycles. The van der Waals surface area contributed by atoms with Gasteiger partial charge in [0.25, 0.3) is 0 Å². The van der Waals surface area contributed by atoms with E-state index in [4.69, 9.17) is 5.14 Å². The van der Waals surface area contributed by atoms with Crippen molar-refractivity contribution in [1.29, 1.82) is 0 Å². The van der Waals surface area contributed by atoms with Crippen molar-refractivity contribution in [2.45, 2.75) is 30.7 Å². The Morgan fingerprint density at radius 2 is 1.72 bits per heavy atom. The Kier molecular flexibility index (Phi) is 6.71. The molecular weight excluding hydrogens is 386 g/mol. The van der Waals surface area contributed by atoms with Gasteiger partial charge in [0.15, 0.2) is 0 Å². The summed E-state index contributed by atoms with van der Waals surface area (Å²) in [4.78, 5) is 16.7. The number of para-hydroxylation sites is 1. The van der Waals surface area contributed by atoms with E-state index in [2.05, 4.69) is 17.0 Å². The molecule has 1 aliphatic heterocycles. The van der Waals surface area contributed by atoms with Crippen LogP contribution >= 0.6 is 0 Å². The molecule has 6 nitrogen and oxygen atoms in total. The van der Waals surface area contributed by atoms with Crippen LogP contribution < -0.4 is 10.0 Å². The molecule has 1 aliphatic rings. The number of hydrogen-bond donors (Lipinski definition) is 1. The van der Waals surface area contributed by atoms with Crippen molar-refractivity contribution in [2.75, 3.05) is 25.0 Å². The van der Waals surface area contributed by atoms with E-state index in [0.29, 0.717) is 6.54 Å². The van der Waals surface area contributed by atoms with E-state index in [1.54, 1.807) is 30.2 Å². The average molecular weight is 414 g/mol. The lowest BCUT2D eigenvalue weighted by molar-refractivity contribution is -0.125. The van der Waals surface area contributed by atoms with Crippen LogP contribution in [0.5, 0.6) is 0 Å². The number of nitrogens with zero attached hydrogens (tertiary/aromatic N) is 2. The molecule has 1 saturated heterocycles. The van der Waals surface area contributed by atoms with E-state index in [9.17, 15) is 13.2 Å². The molecule has 154 valence electrons. The number of primary sulfonamides is 1. The van der Waals surface area contributed by atoms with Crippen LogP contribution in [0.3, 0.4) is 0 Å². The van der Waals surface area contributed by atoms with Crippen LogP contribution in [0.1, 0.15) is 30.4 Å². The van der Waals surface area contributed by atoms with Crippen molar-refractivity contribution in [2.24, 2.45) is 5.14 Å². The molecule has 2 N–H and O–H groups in total. The van der Waals surface area contributed by atoms with Gasteiger partial charge in [-0.2, -0.15) is 0 Å². The maximum absolute atomic E-state index is 12.5. The minimum atomic E-state index is -3.72. The van der Waals surface area contributed by atoms with Gasteiger partial charge >= 0.3 is 0 Å². The molecule has 3 rings (SSSR count). The lowest BCUT2D eigenvalue weighted by atomic mass is 10.1. The van der Waals surface area contributed by atoms with E-state index in [0.717, 1.165) is 24.2 Å². The summed E-state index contributed by atoms with van der Waals surface area (Å²) in [5.41, 5.74) is 3.07. The van der Waals surface area contributed by atoms with Gasteiger partial charge in [0, 0.05) is 38.4 Å². The highest BCUT2D eigenvalue weighted by atomic mass is 32.2. The number of hydrogen-bond acceptors (Lipinski definition) is 4. The maximum atomic E-state index is 12.5. The number of anilines is 1. The largest absolute Gasteiger partial charge is 0.371 e. The third kappa shape index (κ3) is 5.68. The van der Waals surface area contributed by atoms with Crippen molar-refractivity contribution in [3.8, 4) is 0 Å². The monoisotopic (exact) mass is 413 g/mol. The highest BCUT2D eigenvalue weighted by Crippen LogP contribution is 2.25. The zero-order chi connectivity index (χ0) is 20.9. The van der Waals surface area contributed by atoms with Crippen molar-refractivity contribution >= 4 is 27.7 Å². The number of rotatable bonds is 6. The van der Waals surface area contributed by atoms with Crippen LogP contribution in [0.25, 0.3) is 6.08 Å². The average Bonchev–Trinajstić information content (AvgIpc) is 2.72. The second-order valence-corrected chi connectivity index (χ2v) is 8.88.